The fraction of sp³-hybridized carbons (Fsp3) is 0.636. The van der Waals surface area contributed by atoms with Gasteiger partial charge in [0.25, 0.3) is 0 Å². The minimum atomic E-state index is 0.346. The molecule has 0 aromatic heterocycles. The molecule has 0 spiro atoms. The average Bonchev–Trinajstić information content (AvgIpc) is 1.92. The highest BCUT2D eigenvalue weighted by atomic mass is 15.1. The van der Waals surface area contributed by atoms with E-state index in [0.29, 0.717) is 11.3 Å². The first-order chi connectivity index (χ1) is 5.41. The molecule has 1 nitrogen and oxygen atoms in total. The molecule has 1 heteroatoms. The summed E-state index contributed by atoms with van der Waals surface area (Å²) >= 11 is 0. The number of allylic oxidation sites excluding steroid dienone is 3. The molecule has 0 aliphatic carbocycles. The Morgan fingerprint density at radius 3 is 2.33 bits per heavy atom. The van der Waals surface area contributed by atoms with Crippen molar-refractivity contribution >= 4 is 0 Å². The van der Waals surface area contributed by atoms with Crippen LogP contribution in [-0.2, 0) is 0 Å². The van der Waals surface area contributed by atoms with Gasteiger partial charge in [0.2, 0.25) is 0 Å². The van der Waals surface area contributed by atoms with Crippen LogP contribution in [0.2, 0.25) is 0 Å². The summed E-state index contributed by atoms with van der Waals surface area (Å²) in [6.45, 7) is 8.98. The highest BCUT2D eigenvalue weighted by Gasteiger charge is 2.22. The third-order valence-corrected chi connectivity index (χ3v) is 2.49. The predicted octanol–water partition coefficient (Wildman–Crippen LogP) is 3.01. The summed E-state index contributed by atoms with van der Waals surface area (Å²) in [5, 5.41) is 0. The number of nitrogens with zero attached hydrogens (tertiary/aromatic N) is 1. The van der Waals surface area contributed by atoms with Crippen LogP contribution >= 0.6 is 0 Å². The second-order valence-corrected chi connectivity index (χ2v) is 4.65. The molecule has 1 heterocycles. The number of hydrogen-bond donors (Lipinski definition) is 0. The van der Waals surface area contributed by atoms with E-state index in [4.69, 9.17) is 0 Å². The normalized spacial score (nSPS) is 24.2. The zero-order chi connectivity index (χ0) is 9.35. The molecule has 0 radical (unpaired) electrons. The van der Waals surface area contributed by atoms with Crippen molar-refractivity contribution < 1.29 is 0 Å². The van der Waals surface area contributed by atoms with Gasteiger partial charge in [-0.1, -0.05) is 32.9 Å². The zero-order valence-electron chi connectivity index (χ0n) is 8.76. The van der Waals surface area contributed by atoms with Crippen LogP contribution in [0.15, 0.2) is 24.0 Å². The lowest BCUT2D eigenvalue weighted by molar-refractivity contribution is 0.329. The summed E-state index contributed by atoms with van der Waals surface area (Å²) in [5.74, 6) is 0.577. The van der Waals surface area contributed by atoms with E-state index in [9.17, 15) is 0 Å². The van der Waals surface area contributed by atoms with Crippen LogP contribution < -0.4 is 0 Å². The fourth-order valence-electron chi connectivity index (χ4n) is 1.31. The van der Waals surface area contributed by atoms with Crippen LogP contribution in [0, 0.1) is 11.3 Å². The Morgan fingerprint density at radius 2 is 1.92 bits per heavy atom. The minimum Gasteiger partial charge on any atom is -0.355 e. The van der Waals surface area contributed by atoms with Gasteiger partial charge in [-0.05, 0) is 18.5 Å². The van der Waals surface area contributed by atoms with Crippen LogP contribution in [0.5, 0.6) is 0 Å². The van der Waals surface area contributed by atoms with Gasteiger partial charge in [0.15, 0.2) is 0 Å². The molecular weight excluding hydrogens is 146 g/mol. The van der Waals surface area contributed by atoms with Crippen LogP contribution in [0.25, 0.3) is 0 Å². The van der Waals surface area contributed by atoms with E-state index in [-0.39, 0.29) is 0 Å². The van der Waals surface area contributed by atoms with E-state index in [2.05, 4.69) is 58.0 Å². The Kier molecular flexibility index (Phi) is 2.31. The first-order valence-electron chi connectivity index (χ1n) is 4.51. The van der Waals surface area contributed by atoms with E-state index >= 15 is 0 Å². The van der Waals surface area contributed by atoms with Crippen LogP contribution in [-0.4, -0.2) is 11.9 Å². The summed E-state index contributed by atoms with van der Waals surface area (Å²) in [5.41, 5.74) is 1.69. The lowest BCUT2D eigenvalue weighted by Crippen LogP contribution is -2.22. The number of rotatable bonds is 0. The molecule has 12 heavy (non-hydrogen) atoms. The van der Waals surface area contributed by atoms with Gasteiger partial charge < -0.3 is 4.90 Å². The summed E-state index contributed by atoms with van der Waals surface area (Å²) in [6, 6.07) is 0. The van der Waals surface area contributed by atoms with E-state index in [0.717, 1.165) is 0 Å². The van der Waals surface area contributed by atoms with Crippen molar-refractivity contribution in [1.29, 1.82) is 0 Å². The van der Waals surface area contributed by atoms with Crippen molar-refractivity contribution in [3.63, 3.8) is 0 Å². The first kappa shape index (κ1) is 9.37. The van der Waals surface area contributed by atoms with Gasteiger partial charge in [0.05, 0.1) is 0 Å². The largest absolute Gasteiger partial charge is 0.355 e. The Morgan fingerprint density at radius 1 is 1.33 bits per heavy atom. The second-order valence-electron chi connectivity index (χ2n) is 4.65. The Labute approximate surface area is 75.8 Å². The van der Waals surface area contributed by atoms with Gasteiger partial charge in [0, 0.05) is 18.7 Å². The van der Waals surface area contributed by atoms with Gasteiger partial charge >= 0.3 is 0 Å². The highest BCUT2D eigenvalue weighted by molar-refractivity contribution is 5.16. The lowest BCUT2D eigenvalue weighted by atomic mass is 9.79. The molecule has 0 aromatic carbocycles. The summed E-state index contributed by atoms with van der Waals surface area (Å²) in [7, 11) is 2.08. The van der Waals surface area contributed by atoms with Crippen molar-refractivity contribution in [2.45, 2.75) is 27.7 Å². The first-order valence-corrected chi connectivity index (χ1v) is 4.51. The Bertz CT molecular complexity index is 218. The molecule has 0 aromatic rings. The van der Waals surface area contributed by atoms with E-state index in [1.807, 2.05) is 0 Å². The average molecular weight is 165 g/mol. The SMILES string of the molecule is CC1=CC(C(C)(C)C)C=CN1C. The maximum Gasteiger partial charge on any atom is 0.0108 e. The zero-order valence-corrected chi connectivity index (χ0v) is 8.76. The Hall–Kier alpha value is -0.720. The van der Waals surface area contributed by atoms with Crippen molar-refractivity contribution in [3.8, 4) is 0 Å². The summed E-state index contributed by atoms with van der Waals surface area (Å²) in [4.78, 5) is 2.15. The third-order valence-electron chi connectivity index (χ3n) is 2.49. The molecule has 1 rings (SSSR count). The molecule has 0 N–H and O–H groups in total. The minimum absolute atomic E-state index is 0.346. The standard InChI is InChI=1S/C11H19N/c1-9-8-10(11(2,3)4)6-7-12(9)5/h6-8,10H,1-5H3. The van der Waals surface area contributed by atoms with Crippen LogP contribution in [0.3, 0.4) is 0 Å². The van der Waals surface area contributed by atoms with Crippen molar-refractivity contribution in [2.75, 3.05) is 7.05 Å². The quantitative estimate of drug-likeness (QED) is 0.533. The van der Waals surface area contributed by atoms with Crippen molar-refractivity contribution in [1.82, 2.24) is 4.90 Å². The molecule has 0 amide bonds. The molecule has 1 aliphatic rings. The van der Waals surface area contributed by atoms with Crippen molar-refractivity contribution in [2.24, 2.45) is 11.3 Å². The van der Waals surface area contributed by atoms with Crippen LogP contribution in [0.1, 0.15) is 27.7 Å². The van der Waals surface area contributed by atoms with Gasteiger partial charge in [-0.15, -0.1) is 0 Å². The smallest absolute Gasteiger partial charge is 0.0108 e. The van der Waals surface area contributed by atoms with Crippen molar-refractivity contribution in [3.05, 3.63) is 24.0 Å². The molecule has 0 saturated carbocycles. The summed E-state index contributed by atoms with van der Waals surface area (Å²) < 4.78 is 0. The molecule has 0 saturated heterocycles. The maximum atomic E-state index is 2.33. The molecule has 0 fully saturated rings. The molecule has 0 bridgehead atoms. The molecular formula is C11H19N. The van der Waals surface area contributed by atoms with Crippen LogP contribution in [0.4, 0.5) is 0 Å². The summed E-state index contributed by atoms with van der Waals surface area (Å²) in [6.07, 6.45) is 6.76. The monoisotopic (exact) mass is 165 g/mol. The molecule has 68 valence electrons. The van der Waals surface area contributed by atoms with Gasteiger partial charge in [-0.25, -0.2) is 0 Å². The molecule has 1 atom stereocenters. The topological polar surface area (TPSA) is 3.24 Å². The Balaban J connectivity index is 2.80. The molecule has 1 aliphatic heterocycles. The molecule has 1 unspecified atom stereocenters. The van der Waals surface area contributed by atoms with E-state index < -0.39 is 0 Å². The lowest BCUT2D eigenvalue weighted by Gasteiger charge is -2.31. The van der Waals surface area contributed by atoms with E-state index in [1.54, 1.807) is 0 Å². The second kappa shape index (κ2) is 2.96. The highest BCUT2D eigenvalue weighted by Crippen LogP contribution is 2.31. The predicted molar refractivity (Wildman–Crippen MR) is 53.6 cm³/mol. The maximum absolute atomic E-state index is 2.33. The third kappa shape index (κ3) is 1.90. The van der Waals surface area contributed by atoms with Gasteiger partial charge in [0.1, 0.15) is 0 Å². The van der Waals surface area contributed by atoms with Gasteiger partial charge in [-0.2, -0.15) is 0 Å². The van der Waals surface area contributed by atoms with E-state index in [1.165, 1.54) is 5.70 Å². The fourth-order valence-corrected chi connectivity index (χ4v) is 1.31. The number of hydrogen-bond acceptors (Lipinski definition) is 1. The van der Waals surface area contributed by atoms with Gasteiger partial charge in [-0.3, -0.25) is 0 Å².